The first-order valence-electron chi connectivity index (χ1n) is 10.7. The standard InChI is InChI=1S/C24H31FN2O3S/c1-24(2,3)31(29,30)17-19-7-6-8-21(15-19)26-23(28)22-9-4-5-14-27(22)16-18-10-12-20(25)13-11-18/h6-8,10-13,15,22H,4-5,9,14,16-17H2,1-3H3,(H,26,28)/t22-/m1/s1. The maximum atomic E-state index is 13.2. The molecule has 1 amide bonds. The van der Waals surface area contributed by atoms with Crippen LogP contribution in [-0.2, 0) is 26.9 Å². The number of halogens is 1. The number of piperidine rings is 1. The van der Waals surface area contributed by atoms with Gasteiger partial charge in [0.1, 0.15) is 5.82 Å². The molecule has 1 atom stereocenters. The molecule has 3 rings (SSSR count). The Bertz CT molecular complexity index is 1010. The van der Waals surface area contributed by atoms with E-state index in [1.54, 1.807) is 57.2 Å². The molecule has 2 aromatic carbocycles. The van der Waals surface area contributed by atoms with Crippen LogP contribution in [0.4, 0.5) is 10.1 Å². The molecule has 0 aliphatic carbocycles. The van der Waals surface area contributed by atoms with E-state index >= 15 is 0 Å². The van der Waals surface area contributed by atoms with Crippen LogP contribution in [0.5, 0.6) is 0 Å². The molecule has 0 unspecified atom stereocenters. The van der Waals surface area contributed by atoms with Gasteiger partial charge >= 0.3 is 0 Å². The fourth-order valence-corrected chi connectivity index (χ4v) is 4.75. The van der Waals surface area contributed by atoms with E-state index < -0.39 is 14.6 Å². The van der Waals surface area contributed by atoms with Crippen molar-refractivity contribution in [3.8, 4) is 0 Å². The Morgan fingerprint density at radius 1 is 1.10 bits per heavy atom. The second kappa shape index (κ2) is 9.49. The number of likely N-dealkylation sites (tertiary alicyclic amines) is 1. The highest BCUT2D eigenvalue weighted by molar-refractivity contribution is 7.91. The predicted molar refractivity (Wildman–Crippen MR) is 122 cm³/mol. The number of carbonyl (C=O) groups is 1. The van der Waals surface area contributed by atoms with Crippen molar-refractivity contribution in [1.82, 2.24) is 4.90 Å². The number of amides is 1. The fourth-order valence-electron chi connectivity index (χ4n) is 3.70. The van der Waals surface area contributed by atoms with Crippen molar-refractivity contribution < 1.29 is 17.6 Å². The predicted octanol–water partition coefficient (Wildman–Crippen LogP) is 4.53. The Labute approximate surface area is 184 Å². The molecule has 0 radical (unpaired) electrons. The Morgan fingerprint density at radius 2 is 1.81 bits per heavy atom. The Balaban J connectivity index is 1.70. The van der Waals surface area contributed by atoms with E-state index in [1.165, 1.54) is 12.1 Å². The van der Waals surface area contributed by atoms with Crippen LogP contribution in [0.15, 0.2) is 48.5 Å². The number of rotatable bonds is 6. The van der Waals surface area contributed by atoms with Gasteiger partial charge in [-0.25, -0.2) is 12.8 Å². The lowest BCUT2D eigenvalue weighted by Gasteiger charge is -2.34. The van der Waals surface area contributed by atoms with Crippen molar-refractivity contribution in [2.75, 3.05) is 11.9 Å². The number of anilines is 1. The highest BCUT2D eigenvalue weighted by atomic mass is 32.2. The van der Waals surface area contributed by atoms with Crippen LogP contribution in [0.2, 0.25) is 0 Å². The molecule has 0 saturated carbocycles. The summed E-state index contributed by atoms with van der Waals surface area (Å²) >= 11 is 0. The zero-order chi connectivity index (χ0) is 22.6. The third-order valence-electron chi connectivity index (χ3n) is 5.70. The summed E-state index contributed by atoms with van der Waals surface area (Å²) in [5, 5.41) is 2.97. The van der Waals surface area contributed by atoms with Crippen LogP contribution >= 0.6 is 0 Å². The first-order valence-corrected chi connectivity index (χ1v) is 12.3. The molecule has 1 heterocycles. The second-order valence-electron chi connectivity index (χ2n) is 9.17. The van der Waals surface area contributed by atoms with Crippen molar-refractivity contribution in [2.24, 2.45) is 0 Å². The smallest absolute Gasteiger partial charge is 0.241 e. The average molecular weight is 447 g/mol. The van der Waals surface area contributed by atoms with Gasteiger partial charge in [0.2, 0.25) is 5.91 Å². The lowest BCUT2D eigenvalue weighted by atomic mass is 10.00. The first kappa shape index (κ1) is 23.4. The highest BCUT2D eigenvalue weighted by Crippen LogP contribution is 2.24. The zero-order valence-corrected chi connectivity index (χ0v) is 19.2. The molecule has 31 heavy (non-hydrogen) atoms. The number of hydrogen-bond acceptors (Lipinski definition) is 4. The molecule has 2 aromatic rings. The van der Waals surface area contributed by atoms with Crippen LogP contribution in [-0.4, -0.2) is 36.6 Å². The summed E-state index contributed by atoms with van der Waals surface area (Å²) in [6, 6.07) is 13.1. The molecule has 1 aliphatic rings. The molecular weight excluding hydrogens is 415 g/mol. The van der Waals surface area contributed by atoms with Crippen LogP contribution in [0.3, 0.4) is 0 Å². The van der Waals surface area contributed by atoms with Gasteiger partial charge in [0.05, 0.1) is 16.5 Å². The maximum absolute atomic E-state index is 13.2. The Hall–Kier alpha value is -2.25. The average Bonchev–Trinajstić information content (AvgIpc) is 2.69. The topological polar surface area (TPSA) is 66.5 Å². The van der Waals surface area contributed by atoms with Crippen molar-refractivity contribution in [2.45, 2.75) is 63.1 Å². The van der Waals surface area contributed by atoms with E-state index in [0.717, 1.165) is 31.4 Å². The number of sulfone groups is 1. The summed E-state index contributed by atoms with van der Waals surface area (Å²) in [7, 11) is -3.31. The van der Waals surface area contributed by atoms with Gasteiger partial charge in [-0.1, -0.05) is 30.7 Å². The van der Waals surface area contributed by atoms with Crippen LogP contribution in [0.25, 0.3) is 0 Å². The zero-order valence-electron chi connectivity index (χ0n) is 18.4. The molecule has 1 fully saturated rings. The van der Waals surface area contributed by atoms with Gasteiger partial charge in [-0.05, 0) is 75.5 Å². The number of nitrogens with zero attached hydrogens (tertiary/aromatic N) is 1. The van der Waals surface area contributed by atoms with E-state index in [2.05, 4.69) is 10.2 Å². The van der Waals surface area contributed by atoms with Crippen LogP contribution < -0.4 is 5.32 Å². The summed E-state index contributed by atoms with van der Waals surface area (Å²) < 4.78 is 37.4. The van der Waals surface area contributed by atoms with E-state index in [4.69, 9.17) is 0 Å². The van der Waals surface area contributed by atoms with Gasteiger partial charge in [0, 0.05) is 12.2 Å². The molecule has 0 aromatic heterocycles. The normalized spacial score (nSPS) is 18.0. The van der Waals surface area contributed by atoms with Crippen LogP contribution in [0, 0.1) is 5.82 Å². The molecule has 1 saturated heterocycles. The summed E-state index contributed by atoms with van der Waals surface area (Å²) in [4.78, 5) is 15.2. The number of carbonyl (C=O) groups excluding carboxylic acids is 1. The third-order valence-corrected chi connectivity index (χ3v) is 8.28. The lowest BCUT2D eigenvalue weighted by Crippen LogP contribution is -2.46. The SMILES string of the molecule is CC(C)(C)S(=O)(=O)Cc1cccc(NC(=O)[C@H]2CCCCN2Cc2ccc(F)cc2)c1. The fraction of sp³-hybridized carbons (Fsp3) is 0.458. The summed E-state index contributed by atoms with van der Waals surface area (Å²) in [6.07, 6.45) is 2.75. The summed E-state index contributed by atoms with van der Waals surface area (Å²) in [5.74, 6) is -0.442. The quantitative estimate of drug-likeness (QED) is 0.708. The molecule has 5 nitrogen and oxygen atoms in total. The van der Waals surface area contributed by atoms with Crippen molar-refractivity contribution in [3.63, 3.8) is 0 Å². The lowest BCUT2D eigenvalue weighted by molar-refractivity contribution is -0.122. The van der Waals surface area contributed by atoms with E-state index in [-0.39, 0.29) is 23.5 Å². The molecular formula is C24H31FN2O3S. The van der Waals surface area contributed by atoms with Gasteiger partial charge in [-0.2, -0.15) is 0 Å². The second-order valence-corrected chi connectivity index (χ2v) is 11.9. The van der Waals surface area contributed by atoms with Crippen molar-refractivity contribution in [3.05, 3.63) is 65.5 Å². The van der Waals surface area contributed by atoms with Gasteiger partial charge in [0.25, 0.3) is 0 Å². The minimum Gasteiger partial charge on any atom is -0.325 e. The largest absolute Gasteiger partial charge is 0.325 e. The Morgan fingerprint density at radius 3 is 2.48 bits per heavy atom. The summed E-state index contributed by atoms with van der Waals surface area (Å²) in [6.45, 7) is 6.45. The van der Waals surface area contributed by atoms with Crippen molar-refractivity contribution >= 4 is 21.4 Å². The van der Waals surface area contributed by atoms with E-state index in [9.17, 15) is 17.6 Å². The molecule has 0 bridgehead atoms. The maximum Gasteiger partial charge on any atom is 0.241 e. The van der Waals surface area contributed by atoms with Crippen LogP contribution in [0.1, 0.15) is 51.2 Å². The molecule has 1 N–H and O–H groups in total. The Kier molecular flexibility index (Phi) is 7.17. The number of hydrogen-bond donors (Lipinski definition) is 1. The van der Waals surface area contributed by atoms with Gasteiger partial charge in [-0.3, -0.25) is 9.69 Å². The monoisotopic (exact) mass is 446 g/mol. The minimum atomic E-state index is -3.31. The third kappa shape index (κ3) is 6.14. The molecule has 0 spiro atoms. The minimum absolute atomic E-state index is 0.0691. The van der Waals surface area contributed by atoms with E-state index in [1.807, 2.05) is 0 Å². The summed E-state index contributed by atoms with van der Waals surface area (Å²) in [5.41, 5.74) is 2.22. The molecule has 168 valence electrons. The van der Waals surface area contributed by atoms with Crippen molar-refractivity contribution in [1.29, 1.82) is 0 Å². The molecule has 7 heteroatoms. The first-order chi connectivity index (χ1) is 14.5. The van der Waals surface area contributed by atoms with Gasteiger partial charge in [0.15, 0.2) is 9.84 Å². The number of benzene rings is 2. The van der Waals surface area contributed by atoms with Gasteiger partial charge in [-0.15, -0.1) is 0 Å². The number of nitrogens with one attached hydrogen (secondary N) is 1. The highest BCUT2D eigenvalue weighted by Gasteiger charge is 2.30. The van der Waals surface area contributed by atoms with E-state index in [0.29, 0.717) is 17.8 Å². The van der Waals surface area contributed by atoms with Gasteiger partial charge < -0.3 is 5.32 Å². The molecule has 1 aliphatic heterocycles.